The minimum atomic E-state index is -0.500. The van der Waals surface area contributed by atoms with Crippen molar-refractivity contribution in [1.29, 1.82) is 0 Å². The van der Waals surface area contributed by atoms with Crippen LogP contribution in [0.3, 0.4) is 0 Å². The quantitative estimate of drug-likeness (QED) is 0.0794. The van der Waals surface area contributed by atoms with Crippen LogP contribution in [0.4, 0.5) is 0 Å². The molecule has 0 aromatic rings. The van der Waals surface area contributed by atoms with Crippen molar-refractivity contribution in [2.75, 3.05) is 135 Å². The standard InChI is InChI=1S/2C13H30N2O2.CH2O2.2CH4.K/c2*1-14(2)8-12-16-10-6-5-7-11-17-13-9-15(3)4;2-1-3;;;/h2*5-13H2,1-4H3;1H,(H,2,3);2*1H4;/q;;;;;+1/p-1. The van der Waals surface area contributed by atoms with Gasteiger partial charge in [-0.3, -0.25) is 0 Å². The molecule has 0 saturated heterocycles. The molecule has 0 aromatic heterocycles. The van der Waals surface area contributed by atoms with Gasteiger partial charge in [0, 0.05) is 59.1 Å². The number of unbranched alkanes of at least 4 members (excludes halogenated alkanes) is 4. The van der Waals surface area contributed by atoms with Gasteiger partial charge in [-0.15, -0.1) is 0 Å². The predicted octanol–water partition coefficient (Wildman–Crippen LogP) is -0.731. The largest absolute Gasteiger partial charge is 1.00 e. The van der Waals surface area contributed by atoms with E-state index in [1.165, 1.54) is 12.8 Å². The van der Waals surface area contributed by atoms with E-state index in [1.54, 1.807) is 0 Å². The molecule has 0 radical (unpaired) electrons. The number of carboxylic acid groups (broad SMARTS) is 1. The number of rotatable bonds is 24. The molecule has 0 fully saturated rings. The van der Waals surface area contributed by atoms with Crippen molar-refractivity contribution in [1.82, 2.24) is 19.6 Å². The topological polar surface area (TPSA) is 90.0 Å². The first-order chi connectivity index (χ1) is 17.7. The van der Waals surface area contributed by atoms with Crippen molar-refractivity contribution in [3.8, 4) is 0 Å². The minimum absolute atomic E-state index is 0. The Hall–Kier alpha value is 0.786. The molecule has 0 bridgehead atoms. The third-order valence-electron chi connectivity index (χ3n) is 4.89. The zero-order chi connectivity index (χ0) is 28.6. The molecule has 0 unspecified atom stereocenters. The van der Waals surface area contributed by atoms with Crippen LogP contribution in [0.25, 0.3) is 0 Å². The van der Waals surface area contributed by atoms with Crippen LogP contribution in [0.15, 0.2) is 0 Å². The van der Waals surface area contributed by atoms with Crippen molar-refractivity contribution in [3.63, 3.8) is 0 Å². The molecule has 10 nitrogen and oxygen atoms in total. The second-order valence-corrected chi connectivity index (χ2v) is 9.88. The van der Waals surface area contributed by atoms with E-state index in [-0.39, 0.29) is 66.2 Å². The molecule has 0 N–H and O–H groups in total. The van der Waals surface area contributed by atoms with Crippen LogP contribution in [-0.4, -0.2) is 161 Å². The molecule has 0 aliphatic heterocycles. The molecule has 11 heteroatoms. The van der Waals surface area contributed by atoms with Crippen LogP contribution in [0.1, 0.15) is 53.4 Å². The monoisotopic (exact) mass is 608 g/mol. The number of nitrogens with zero attached hydrogens (tertiary/aromatic N) is 4. The predicted molar refractivity (Wildman–Crippen MR) is 165 cm³/mol. The maximum absolute atomic E-state index is 8.25. The van der Waals surface area contributed by atoms with E-state index in [0.717, 1.165) is 105 Å². The Bertz CT molecular complexity index is 358. The third kappa shape index (κ3) is 66.8. The maximum atomic E-state index is 8.25. The first-order valence-corrected chi connectivity index (χ1v) is 13.6. The summed E-state index contributed by atoms with van der Waals surface area (Å²) in [4.78, 5) is 16.8. The number of hydrogen-bond acceptors (Lipinski definition) is 10. The van der Waals surface area contributed by atoms with Gasteiger partial charge in [-0.1, -0.05) is 14.9 Å². The second-order valence-electron chi connectivity index (χ2n) is 9.88. The van der Waals surface area contributed by atoms with Crippen molar-refractivity contribution >= 4 is 6.47 Å². The third-order valence-corrected chi connectivity index (χ3v) is 4.89. The molecule has 40 heavy (non-hydrogen) atoms. The molecule has 0 spiro atoms. The van der Waals surface area contributed by atoms with E-state index in [2.05, 4.69) is 76.0 Å². The molecule has 0 aliphatic carbocycles. The van der Waals surface area contributed by atoms with Crippen LogP contribution in [-0.2, 0) is 23.7 Å². The molecule has 0 aliphatic rings. The minimum Gasteiger partial charge on any atom is -0.554 e. The average molecular weight is 609 g/mol. The van der Waals surface area contributed by atoms with Crippen LogP contribution >= 0.6 is 0 Å². The van der Waals surface area contributed by atoms with Gasteiger partial charge in [0.1, 0.15) is 0 Å². The van der Waals surface area contributed by atoms with Gasteiger partial charge in [-0.05, 0) is 94.9 Å². The first-order valence-electron chi connectivity index (χ1n) is 13.6. The van der Waals surface area contributed by atoms with Gasteiger partial charge in [0.05, 0.1) is 26.4 Å². The molecule has 0 amide bonds. The average Bonchev–Trinajstić information content (AvgIpc) is 2.81. The Morgan fingerprint density at radius 1 is 0.450 bits per heavy atom. The van der Waals surface area contributed by atoms with Crippen molar-refractivity contribution in [3.05, 3.63) is 0 Å². The van der Waals surface area contributed by atoms with E-state index < -0.39 is 6.47 Å². The van der Waals surface area contributed by atoms with Gasteiger partial charge in [-0.2, -0.15) is 0 Å². The van der Waals surface area contributed by atoms with E-state index in [9.17, 15) is 0 Å². The Morgan fingerprint density at radius 3 is 0.775 bits per heavy atom. The van der Waals surface area contributed by atoms with Gasteiger partial charge >= 0.3 is 51.4 Å². The normalized spacial score (nSPS) is 10.2. The van der Waals surface area contributed by atoms with E-state index in [1.807, 2.05) is 0 Å². The fraction of sp³-hybridized carbons (Fsp3) is 0.966. The summed E-state index contributed by atoms with van der Waals surface area (Å²) >= 11 is 0. The molecule has 0 heterocycles. The van der Waals surface area contributed by atoms with Gasteiger partial charge in [0.2, 0.25) is 0 Å². The Morgan fingerprint density at radius 2 is 0.625 bits per heavy atom. The second kappa shape index (κ2) is 46.7. The van der Waals surface area contributed by atoms with E-state index in [4.69, 9.17) is 28.8 Å². The molecule has 0 rings (SSSR count). The van der Waals surface area contributed by atoms with E-state index in [0.29, 0.717) is 0 Å². The number of carbonyl (C=O) groups is 1. The van der Waals surface area contributed by atoms with Gasteiger partial charge < -0.3 is 48.4 Å². The van der Waals surface area contributed by atoms with Gasteiger partial charge in [-0.25, -0.2) is 0 Å². The number of hydrogen-bond donors (Lipinski definition) is 0. The molecule has 0 atom stereocenters. The van der Waals surface area contributed by atoms with Crippen molar-refractivity contribution in [2.24, 2.45) is 0 Å². The zero-order valence-electron chi connectivity index (χ0n) is 26.5. The number of carbonyl (C=O) groups excluding carboxylic acids is 1. The maximum Gasteiger partial charge on any atom is 1.00 e. The number of ether oxygens (including phenoxy) is 4. The van der Waals surface area contributed by atoms with Crippen LogP contribution in [0.5, 0.6) is 0 Å². The Labute approximate surface area is 292 Å². The Kier molecular flexibility index (Phi) is 62.3. The summed E-state index contributed by atoms with van der Waals surface area (Å²) < 4.78 is 22.1. The SMILES string of the molecule is C.C.CN(C)CCOCCCCCOCCN(C)C.CN(C)CCOCCCCCOCCN(C)C.O=C[O-].[K+]. The summed E-state index contributed by atoms with van der Waals surface area (Å²) in [5, 5.41) is 8.25. The van der Waals surface area contributed by atoms with Gasteiger partial charge in [0.25, 0.3) is 0 Å². The molecule has 242 valence electrons. The van der Waals surface area contributed by atoms with Crippen molar-refractivity contribution < 1.29 is 80.2 Å². The summed E-state index contributed by atoms with van der Waals surface area (Å²) in [5.74, 6) is 0. The van der Waals surface area contributed by atoms with Crippen LogP contribution in [0, 0.1) is 0 Å². The summed E-state index contributed by atoms with van der Waals surface area (Å²) in [5.41, 5.74) is 0. The summed E-state index contributed by atoms with van der Waals surface area (Å²) in [6.45, 7) is 10.4. The summed E-state index contributed by atoms with van der Waals surface area (Å²) in [6, 6.07) is 0. The zero-order valence-corrected chi connectivity index (χ0v) is 29.7. The van der Waals surface area contributed by atoms with Crippen LogP contribution < -0.4 is 56.5 Å². The van der Waals surface area contributed by atoms with Crippen LogP contribution in [0.2, 0.25) is 0 Å². The molecule has 0 saturated carbocycles. The molecular weight excluding hydrogens is 539 g/mol. The fourth-order valence-corrected chi connectivity index (χ4v) is 2.57. The molecule has 0 aromatic carbocycles. The smallest absolute Gasteiger partial charge is 0.554 e. The number of likely N-dealkylation sites (N-methyl/N-ethyl adjacent to an activating group) is 4. The Balaban J connectivity index is -0.000000123. The first kappa shape index (κ1) is 53.4. The summed E-state index contributed by atoms with van der Waals surface area (Å²) in [6.07, 6.45) is 6.97. The van der Waals surface area contributed by atoms with Gasteiger partial charge in [0.15, 0.2) is 0 Å². The van der Waals surface area contributed by atoms with Crippen molar-refractivity contribution in [2.45, 2.75) is 53.4 Å². The molecular formula is C29H69KN4O6. The fourth-order valence-electron chi connectivity index (χ4n) is 2.57. The summed E-state index contributed by atoms with van der Waals surface area (Å²) in [7, 11) is 16.5. The van der Waals surface area contributed by atoms with E-state index >= 15 is 0 Å².